The van der Waals surface area contributed by atoms with E-state index in [0.717, 1.165) is 24.8 Å². The Labute approximate surface area is 115 Å². The van der Waals surface area contributed by atoms with Crippen LogP contribution in [-0.4, -0.2) is 19.8 Å². The fourth-order valence-electron chi connectivity index (χ4n) is 2.97. The molecule has 1 aliphatic carbocycles. The van der Waals surface area contributed by atoms with Gasteiger partial charge >= 0.3 is 0 Å². The summed E-state index contributed by atoms with van der Waals surface area (Å²) >= 11 is 0. The first-order valence-corrected chi connectivity index (χ1v) is 8.75. The van der Waals surface area contributed by atoms with E-state index in [4.69, 9.17) is 0 Å². The van der Waals surface area contributed by atoms with Crippen LogP contribution in [-0.2, 0) is 9.84 Å². The van der Waals surface area contributed by atoms with Crippen molar-refractivity contribution in [1.29, 1.82) is 0 Å². The molecule has 0 heterocycles. The molecule has 3 nitrogen and oxygen atoms in total. The highest BCUT2D eigenvalue weighted by Crippen LogP contribution is 2.37. The lowest BCUT2D eigenvalue weighted by molar-refractivity contribution is 0.0712. The number of rotatable bonds is 3. The number of aliphatic hydroxyl groups is 1. The van der Waals surface area contributed by atoms with Crippen molar-refractivity contribution in [3.63, 3.8) is 0 Å². The predicted molar refractivity (Wildman–Crippen MR) is 75.6 cm³/mol. The molecule has 0 saturated heterocycles. The SMILES string of the molecule is CC1CCCC(C(O)c2cccc(S(C)(=O)=O)c2)C1. The zero-order valence-electron chi connectivity index (χ0n) is 11.5. The van der Waals surface area contributed by atoms with Crippen LogP contribution in [0.3, 0.4) is 0 Å². The average Bonchev–Trinajstić information content (AvgIpc) is 2.37. The summed E-state index contributed by atoms with van der Waals surface area (Å²) in [6.45, 7) is 2.21. The fraction of sp³-hybridized carbons (Fsp3) is 0.600. The molecule has 0 spiro atoms. The minimum atomic E-state index is -3.21. The Kier molecular flexibility index (Phi) is 4.31. The second-order valence-corrected chi connectivity index (χ2v) is 7.84. The van der Waals surface area contributed by atoms with Crippen LogP contribution in [0.15, 0.2) is 29.2 Å². The van der Waals surface area contributed by atoms with Gasteiger partial charge in [-0.3, -0.25) is 0 Å². The third kappa shape index (κ3) is 3.57. The summed E-state index contributed by atoms with van der Waals surface area (Å²) in [4.78, 5) is 0.285. The average molecular weight is 282 g/mol. The molecule has 0 aliphatic heterocycles. The van der Waals surface area contributed by atoms with Gasteiger partial charge in [0.1, 0.15) is 0 Å². The van der Waals surface area contributed by atoms with Crippen molar-refractivity contribution in [1.82, 2.24) is 0 Å². The molecule has 2 rings (SSSR count). The highest BCUT2D eigenvalue weighted by molar-refractivity contribution is 7.90. The molecule has 1 aliphatic rings. The Bertz CT molecular complexity index is 536. The maximum absolute atomic E-state index is 11.6. The molecule has 3 atom stereocenters. The quantitative estimate of drug-likeness (QED) is 0.927. The van der Waals surface area contributed by atoms with Crippen molar-refractivity contribution in [3.05, 3.63) is 29.8 Å². The Morgan fingerprint density at radius 3 is 2.68 bits per heavy atom. The lowest BCUT2D eigenvalue weighted by Gasteiger charge is -2.30. The molecular weight excluding hydrogens is 260 g/mol. The number of aliphatic hydroxyl groups excluding tert-OH is 1. The van der Waals surface area contributed by atoms with Crippen LogP contribution in [0.1, 0.15) is 44.3 Å². The van der Waals surface area contributed by atoms with E-state index in [2.05, 4.69) is 6.92 Å². The van der Waals surface area contributed by atoms with Gasteiger partial charge in [0.15, 0.2) is 9.84 Å². The monoisotopic (exact) mass is 282 g/mol. The van der Waals surface area contributed by atoms with Gasteiger partial charge in [0.05, 0.1) is 11.0 Å². The van der Waals surface area contributed by atoms with Crippen LogP contribution in [0.5, 0.6) is 0 Å². The molecule has 0 aromatic heterocycles. The Morgan fingerprint density at radius 1 is 1.32 bits per heavy atom. The molecule has 1 fully saturated rings. The van der Waals surface area contributed by atoms with Gasteiger partial charge in [-0.25, -0.2) is 8.42 Å². The van der Waals surface area contributed by atoms with E-state index in [0.29, 0.717) is 5.92 Å². The molecule has 0 radical (unpaired) electrons. The first kappa shape index (κ1) is 14.5. The van der Waals surface area contributed by atoms with Gasteiger partial charge in [-0.2, -0.15) is 0 Å². The topological polar surface area (TPSA) is 54.4 Å². The van der Waals surface area contributed by atoms with E-state index in [-0.39, 0.29) is 10.8 Å². The van der Waals surface area contributed by atoms with Crippen LogP contribution in [0.4, 0.5) is 0 Å². The van der Waals surface area contributed by atoms with E-state index < -0.39 is 15.9 Å². The minimum Gasteiger partial charge on any atom is -0.388 e. The summed E-state index contributed by atoms with van der Waals surface area (Å²) in [6.07, 6.45) is 5.06. The summed E-state index contributed by atoms with van der Waals surface area (Å²) in [5.41, 5.74) is 0.724. The Hall–Kier alpha value is -0.870. The Morgan fingerprint density at radius 2 is 2.05 bits per heavy atom. The van der Waals surface area contributed by atoms with Gasteiger partial charge in [-0.05, 0) is 42.4 Å². The third-order valence-corrected chi connectivity index (χ3v) is 5.16. The molecule has 3 unspecified atom stereocenters. The summed E-state index contributed by atoms with van der Waals surface area (Å²) in [7, 11) is -3.21. The molecule has 4 heteroatoms. The van der Waals surface area contributed by atoms with E-state index in [1.807, 2.05) is 6.07 Å². The van der Waals surface area contributed by atoms with Crippen LogP contribution < -0.4 is 0 Å². The summed E-state index contributed by atoms with van der Waals surface area (Å²) in [5.74, 6) is 0.894. The van der Waals surface area contributed by atoms with Gasteiger partial charge in [0, 0.05) is 6.26 Å². The molecule has 1 saturated carbocycles. The maximum Gasteiger partial charge on any atom is 0.175 e. The van der Waals surface area contributed by atoms with E-state index >= 15 is 0 Å². The molecular formula is C15H22O3S. The minimum absolute atomic E-state index is 0.249. The lowest BCUT2D eigenvalue weighted by Crippen LogP contribution is -2.20. The zero-order valence-corrected chi connectivity index (χ0v) is 12.4. The van der Waals surface area contributed by atoms with Gasteiger partial charge in [0.25, 0.3) is 0 Å². The summed E-state index contributed by atoms with van der Waals surface area (Å²) in [5, 5.41) is 10.5. The first-order chi connectivity index (χ1) is 8.88. The fourth-order valence-corrected chi connectivity index (χ4v) is 3.65. The van der Waals surface area contributed by atoms with Crippen molar-refractivity contribution in [2.75, 3.05) is 6.26 Å². The van der Waals surface area contributed by atoms with Crippen molar-refractivity contribution >= 4 is 9.84 Å². The molecule has 19 heavy (non-hydrogen) atoms. The number of hydrogen-bond donors (Lipinski definition) is 1. The standard InChI is InChI=1S/C15H22O3S/c1-11-5-3-6-12(9-11)15(16)13-7-4-8-14(10-13)19(2,17)18/h4,7-8,10-12,15-16H,3,5-6,9H2,1-2H3. The molecule has 1 aromatic carbocycles. The van der Waals surface area contributed by atoms with Gasteiger partial charge in [-0.1, -0.05) is 31.9 Å². The molecule has 0 bridgehead atoms. The van der Waals surface area contributed by atoms with E-state index in [9.17, 15) is 13.5 Å². The second-order valence-electron chi connectivity index (χ2n) is 5.82. The van der Waals surface area contributed by atoms with Crippen molar-refractivity contribution < 1.29 is 13.5 Å². The van der Waals surface area contributed by atoms with Crippen molar-refractivity contribution in [2.24, 2.45) is 11.8 Å². The van der Waals surface area contributed by atoms with E-state index in [1.165, 1.54) is 12.7 Å². The highest BCUT2D eigenvalue weighted by atomic mass is 32.2. The van der Waals surface area contributed by atoms with Crippen LogP contribution in [0.2, 0.25) is 0 Å². The largest absolute Gasteiger partial charge is 0.388 e. The smallest absolute Gasteiger partial charge is 0.175 e. The number of sulfone groups is 1. The highest BCUT2D eigenvalue weighted by Gasteiger charge is 2.26. The Balaban J connectivity index is 2.21. The van der Waals surface area contributed by atoms with Crippen LogP contribution in [0.25, 0.3) is 0 Å². The van der Waals surface area contributed by atoms with Crippen LogP contribution >= 0.6 is 0 Å². The van der Waals surface area contributed by atoms with Crippen molar-refractivity contribution in [3.8, 4) is 0 Å². The third-order valence-electron chi connectivity index (χ3n) is 4.05. The normalized spacial score (nSPS) is 26.1. The first-order valence-electron chi connectivity index (χ1n) is 6.86. The second kappa shape index (κ2) is 5.63. The zero-order chi connectivity index (χ0) is 14.0. The summed E-state index contributed by atoms with van der Waals surface area (Å²) in [6, 6.07) is 6.72. The summed E-state index contributed by atoms with van der Waals surface area (Å²) < 4.78 is 23.1. The van der Waals surface area contributed by atoms with Gasteiger partial charge in [-0.15, -0.1) is 0 Å². The van der Waals surface area contributed by atoms with E-state index in [1.54, 1.807) is 18.2 Å². The molecule has 1 N–H and O–H groups in total. The predicted octanol–water partition coefficient (Wildman–Crippen LogP) is 2.95. The van der Waals surface area contributed by atoms with Crippen molar-refractivity contribution in [2.45, 2.75) is 43.6 Å². The van der Waals surface area contributed by atoms with Crippen LogP contribution in [0, 0.1) is 11.8 Å². The number of benzene rings is 1. The molecule has 106 valence electrons. The molecule has 1 aromatic rings. The van der Waals surface area contributed by atoms with Gasteiger partial charge < -0.3 is 5.11 Å². The number of hydrogen-bond acceptors (Lipinski definition) is 3. The molecule has 0 amide bonds. The lowest BCUT2D eigenvalue weighted by atomic mass is 9.78. The maximum atomic E-state index is 11.6. The van der Waals surface area contributed by atoms with Gasteiger partial charge in [0.2, 0.25) is 0 Å².